The zero-order valence-electron chi connectivity index (χ0n) is 15.6. The van der Waals surface area contributed by atoms with E-state index in [0.717, 1.165) is 16.3 Å². The van der Waals surface area contributed by atoms with Crippen molar-refractivity contribution >= 4 is 17.2 Å². The molecule has 0 radical (unpaired) electrons. The lowest BCUT2D eigenvalue weighted by Gasteiger charge is -2.21. The van der Waals surface area contributed by atoms with Gasteiger partial charge in [-0.3, -0.25) is 4.79 Å². The van der Waals surface area contributed by atoms with E-state index >= 15 is 0 Å². The molecule has 1 aromatic heterocycles. The molecule has 0 fully saturated rings. The Hall–Kier alpha value is -1.76. The van der Waals surface area contributed by atoms with Crippen LogP contribution >= 0.6 is 11.3 Å². The second kappa shape index (κ2) is 9.08. The van der Waals surface area contributed by atoms with Crippen molar-refractivity contribution in [1.29, 1.82) is 0 Å². The fourth-order valence-electron chi connectivity index (χ4n) is 2.63. The van der Waals surface area contributed by atoms with Gasteiger partial charge in [-0.1, -0.05) is 23.8 Å². The number of thiazole rings is 1. The minimum absolute atomic E-state index is 0.0138. The molecule has 2 aromatic rings. The van der Waals surface area contributed by atoms with Crippen molar-refractivity contribution in [2.45, 2.75) is 20.8 Å². The molecule has 1 amide bonds. The predicted molar refractivity (Wildman–Crippen MR) is 101 cm³/mol. The minimum atomic E-state index is -0.0138. The van der Waals surface area contributed by atoms with Crippen molar-refractivity contribution in [2.24, 2.45) is 0 Å². The molecule has 0 atom stereocenters. The number of ether oxygens (including phenoxy) is 2. The molecule has 0 unspecified atom stereocenters. The highest BCUT2D eigenvalue weighted by Crippen LogP contribution is 2.31. The van der Waals surface area contributed by atoms with E-state index in [1.807, 2.05) is 6.92 Å². The molecule has 0 saturated carbocycles. The molecule has 0 spiro atoms. The topological polar surface area (TPSA) is 51.7 Å². The van der Waals surface area contributed by atoms with Crippen molar-refractivity contribution in [3.63, 3.8) is 0 Å². The van der Waals surface area contributed by atoms with Crippen molar-refractivity contribution in [2.75, 3.05) is 40.5 Å². The number of rotatable bonds is 8. The molecule has 1 aromatic carbocycles. The molecule has 5 nitrogen and oxygen atoms in total. The Labute approximate surface area is 153 Å². The first-order valence-corrected chi connectivity index (χ1v) is 9.11. The minimum Gasteiger partial charge on any atom is -0.383 e. The van der Waals surface area contributed by atoms with Crippen LogP contribution in [0.3, 0.4) is 0 Å². The molecule has 25 heavy (non-hydrogen) atoms. The van der Waals surface area contributed by atoms with Gasteiger partial charge in [0, 0.05) is 32.9 Å². The van der Waals surface area contributed by atoms with Crippen molar-refractivity contribution in [3.05, 3.63) is 39.9 Å². The third kappa shape index (κ3) is 4.87. The average molecular weight is 362 g/mol. The maximum Gasteiger partial charge on any atom is 0.266 e. The third-order valence-corrected chi connectivity index (χ3v) is 5.20. The lowest BCUT2D eigenvalue weighted by Crippen LogP contribution is -2.36. The van der Waals surface area contributed by atoms with Gasteiger partial charge in [0.25, 0.3) is 5.91 Å². The molecule has 0 N–H and O–H groups in total. The summed E-state index contributed by atoms with van der Waals surface area (Å²) in [5.74, 6) is -0.0138. The molecule has 6 heteroatoms. The Morgan fingerprint density at radius 2 is 1.76 bits per heavy atom. The smallest absolute Gasteiger partial charge is 0.266 e. The number of benzene rings is 1. The van der Waals surface area contributed by atoms with Crippen LogP contribution < -0.4 is 0 Å². The highest BCUT2D eigenvalue weighted by atomic mass is 32.1. The zero-order valence-corrected chi connectivity index (χ0v) is 16.4. The summed E-state index contributed by atoms with van der Waals surface area (Å²) in [6.07, 6.45) is 0. The number of hydrogen-bond acceptors (Lipinski definition) is 5. The van der Waals surface area contributed by atoms with Crippen LogP contribution in [-0.4, -0.2) is 56.3 Å². The van der Waals surface area contributed by atoms with Crippen molar-refractivity contribution < 1.29 is 14.3 Å². The monoisotopic (exact) mass is 362 g/mol. The van der Waals surface area contributed by atoms with Crippen LogP contribution in [0.5, 0.6) is 0 Å². The van der Waals surface area contributed by atoms with Gasteiger partial charge in [0.2, 0.25) is 0 Å². The van der Waals surface area contributed by atoms with Gasteiger partial charge in [0.1, 0.15) is 9.88 Å². The number of amides is 1. The normalized spacial score (nSPS) is 10.9. The molecular formula is C19H26N2O3S. The van der Waals surface area contributed by atoms with E-state index in [9.17, 15) is 4.79 Å². The summed E-state index contributed by atoms with van der Waals surface area (Å²) in [5, 5.41) is 0.886. The molecular weight excluding hydrogens is 336 g/mol. The summed E-state index contributed by atoms with van der Waals surface area (Å²) >= 11 is 1.45. The highest BCUT2D eigenvalue weighted by molar-refractivity contribution is 7.17. The summed E-state index contributed by atoms with van der Waals surface area (Å²) in [4.78, 5) is 20.0. The van der Waals surface area contributed by atoms with Crippen LogP contribution in [0.1, 0.15) is 26.5 Å². The summed E-state index contributed by atoms with van der Waals surface area (Å²) in [6.45, 7) is 8.10. The third-order valence-electron chi connectivity index (χ3n) is 4.02. The first-order valence-electron chi connectivity index (χ1n) is 8.30. The maximum atomic E-state index is 12.9. The summed E-state index contributed by atoms with van der Waals surface area (Å²) in [6, 6.07) is 6.28. The number of methoxy groups -OCH3 is 2. The van der Waals surface area contributed by atoms with Crippen LogP contribution in [0.4, 0.5) is 0 Å². The van der Waals surface area contributed by atoms with E-state index < -0.39 is 0 Å². The molecule has 0 bridgehead atoms. The van der Waals surface area contributed by atoms with E-state index in [0.29, 0.717) is 31.2 Å². The van der Waals surface area contributed by atoms with E-state index in [-0.39, 0.29) is 5.91 Å². The predicted octanol–water partition coefficient (Wildman–Crippen LogP) is 3.47. The second-order valence-electron chi connectivity index (χ2n) is 6.03. The molecule has 1 heterocycles. The van der Waals surface area contributed by atoms with Gasteiger partial charge in [0.15, 0.2) is 0 Å². The summed E-state index contributed by atoms with van der Waals surface area (Å²) < 4.78 is 10.2. The Morgan fingerprint density at radius 3 is 2.32 bits per heavy atom. The van der Waals surface area contributed by atoms with Gasteiger partial charge < -0.3 is 14.4 Å². The molecule has 2 rings (SSSR count). The number of carbonyl (C=O) groups excluding carboxylic acids is 1. The first-order chi connectivity index (χ1) is 12.0. The SMILES string of the molecule is COCCN(CCOC)C(=O)c1sc(-c2ccc(C)cc2C)nc1C. The van der Waals surface area contributed by atoms with Crippen LogP contribution in [-0.2, 0) is 9.47 Å². The average Bonchev–Trinajstić information content (AvgIpc) is 2.96. The standard InChI is InChI=1S/C19H26N2O3S/c1-13-6-7-16(14(2)12-13)18-20-15(3)17(25-18)19(22)21(8-10-23-4)9-11-24-5/h6-7,12H,8-11H2,1-5H3. The number of aryl methyl sites for hydroxylation is 3. The van der Waals surface area contributed by atoms with E-state index in [4.69, 9.17) is 9.47 Å². The Kier molecular flexibility index (Phi) is 7.11. The number of nitrogens with zero attached hydrogens (tertiary/aromatic N) is 2. The molecule has 0 aliphatic rings. The van der Waals surface area contributed by atoms with E-state index in [1.165, 1.54) is 22.5 Å². The Morgan fingerprint density at radius 1 is 1.12 bits per heavy atom. The first kappa shape index (κ1) is 19.6. The number of aromatic nitrogens is 1. The van der Waals surface area contributed by atoms with Crippen LogP contribution in [0.25, 0.3) is 10.6 Å². The van der Waals surface area contributed by atoms with Gasteiger partial charge in [-0.2, -0.15) is 0 Å². The lowest BCUT2D eigenvalue weighted by atomic mass is 10.1. The second-order valence-corrected chi connectivity index (χ2v) is 7.03. The lowest BCUT2D eigenvalue weighted by molar-refractivity contribution is 0.0631. The van der Waals surface area contributed by atoms with Crippen molar-refractivity contribution in [3.8, 4) is 10.6 Å². The quantitative estimate of drug-likeness (QED) is 0.721. The molecule has 0 aliphatic carbocycles. The summed E-state index contributed by atoms with van der Waals surface area (Å²) in [7, 11) is 3.27. The molecule has 0 saturated heterocycles. The van der Waals surface area contributed by atoms with Crippen LogP contribution in [0.2, 0.25) is 0 Å². The zero-order chi connectivity index (χ0) is 18.4. The maximum absolute atomic E-state index is 12.9. The van der Waals surface area contributed by atoms with Gasteiger partial charge in [-0.05, 0) is 26.3 Å². The number of carbonyl (C=O) groups is 1. The van der Waals surface area contributed by atoms with Gasteiger partial charge in [-0.15, -0.1) is 11.3 Å². The van der Waals surface area contributed by atoms with Crippen molar-refractivity contribution in [1.82, 2.24) is 9.88 Å². The molecule has 136 valence electrons. The highest BCUT2D eigenvalue weighted by Gasteiger charge is 2.22. The fraction of sp³-hybridized carbons (Fsp3) is 0.474. The van der Waals surface area contributed by atoms with Gasteiger partial charge in [-0.25, -0.2) is 4.98 Å². The summed E-state index contributed by atoms with van der Waals surface area (Å²) in [5.41, 5.74) is 4.24. The largest absolute Gasteiger partial charge is 0.383 e. The number of hydrogen-bond donors (Lipinski definition) is 0. The van der Waals surface area contributed by atoms with Gasteiger partial charge in [0.05, 0.1) is 18.9 Å². The molecule has 0 aliphatic heterocycles. The Balaban J connectivity index is 2.28. The van der Waals surface area contributed by atoms with Gasteiger partial charge >= 0.3 is 0 Å². The van der Waals surface area contributed by atoms with E-state index in [1.54, 1.807) is 19.1 Å². The van der Waals surface area contributed by atoms with Crippen LogP contribution in [0, 0.1) is 20.8 Å². The van der Waals surface area contributed by atoms with E-state index in [2.05, 4.69) is 37.0 Å². The fourth-order valence-corrected chi connectivity index (χ4v) is 3.75. The Bertz CT molecular complexity index is 719. The van der Waals surface area contributed by atoms with Crippen LogP contribution in [0.15, 0.2) is 18.2 Å².